The Morgan fingerprint density at radius 1 is 1.23 bits per heavy atom. The number of carbonyl (C=O) groups excluding carboxylic acids is 1. The highest BCUT2D eigenvalue weighted by molar-refractivity contribution is 5.95. The number of nitrogens with zero attached hydrogens (tertiary/aromatic N) is 4. The average molecular weight is 405 g/mol. The summed E-state index contributed by atoms with van der Waals surface area (Å²) >= 11 is 0. The minimum absolute atomic E-state index is 0.0537. The first-order valence-corrected chi connectivity index (χ1v) is 10.2. The van der Waals surface area contributed by atoms with Gasteiger partial charge in [-0.15, -0.1) is 0 Å². The van der Waals surface area contributed by atoms with Crippen molar-refractivity contribution >= 4 is 5.91 Å². The first kappa shape index (κ1) is 18.7. The third kappa shape index (κ3) is 3.54. The Balaban J connectivity index is 1.50. The van der Waals surface area contributed by atoms with Crippen LogP contribution in [0.4, 0.5) is 0 Å². The molecule has 8 heteroatoms. The maximum Gasteiger partial charge on any atom is 0.255 e. The standard InChI is InChI=1S/C22H23N5O3/c1-29-19-5-3-2-4-16(19)18-8-10-23-22(26-18)27-20(14-6-7-14)17(12-24-27)21(28)25-15-9-11-30-13-15/h2-5,8,10,12,14-15H,6-7,9,11,13H2,1H3,(H,25,28)/t15-/m0/s1. The summed E-state index contributed by atoms with van der Waals surface area (Å²) in [6.07, 6.45) is 6.23. The molecule has 1 atom stereocenters. The predicted octanol–water partition coefficient (Wildman–Crippen LogP) is 2.73. The largest absolute Gasteiger partial charge is 0.496 e. The van der Waals surface area contributed by atoms with E-state index in [0.717, 1.165) is 42.0 Å². The highest BCUT2D eigenvalue weighted by Crippen LogP contribution is 2.42. The maximum absolute atomic E-state index is 12.9. The van der Waals surface area contributed by atoms with Crippen molar-refractivity contribution in [2.75, 3.05) is 20.3 Å². The fraction of sp³-hybridized carbons (Fsp3) is 0.364. The Labute approximate surface area is 174 Å². The molecular formula is C22H23N5O3. The van der Waals surface area contributed by atoms with E-state index < -0.39 is 0 Å². The Morgan fingerprint density at radius 3 is 2.87 bits per heavy atom. The van der Waals surface area contributed by atoms with Crippen LogP contribution in [0.3, 0.4) is 0 Å². The lowest BCUT2D eigenvalue weighted by Crippen LogP contribution is -2.35. The number of para-hydroxylation sites is 1. The smallest absolute Gasteiger partial charge is 0.255 e. The van der Waals surface area contributed by atoms with Crippen LogP contribution in [0.5, 0.6) is 5.75 Å². The van der Waals surface area contributed by atoms with Gasteiger partial charge in [0.25, 0.3) is 11.9 Å². The van der Waals surface area contributed by atoms with E-state index in [-0.39, 0.29) is 11.9 Å². The van der Waals surface area contributed by atoms with Crippen LogP contribution in [0.25, 0.3) is 17.2 Å². The van der Waals surface area contributed by atoms with Crippen molar-refractivity contribution in [3.05, 3.63) is 54.0 Å². The van der Waals surface area contributed by atoms with Crippen LogP contribution in [0.1, 0.15) is 41.2 Å². The Bertz CT molecular complexity index is 1070. The zero-order chi connectivity index (χ0) is 20.5. The second-order valence-electron chi connectivity index (χ2n) is 7.61. The summed E-state index contributed by atoms with van der Waals surface area (Å²) in [5, 5.41) is 7.55. The number of methoxy groups -OCH3 is 1. The van der Waals surface area contributed by atoms with Crippen LogP contribution in [0, 0.1) is 0 Å². The zero-order valence-electron chi connectivity index (χ0n) is 16.7. The number of nitrogens with one attached hydrogen (secondary N) is 1. The lowest BCUT2D eigenvalue weighted by atomic mass is 10.1. The fourth-order valence-electron chi connectivity index (χ4n) is 3.81. The number of benzene rings is 1. The monoisotopic (exact) mass is 405 g/mol. The highest BCUT2D eigenvalue weighted by Gasteiger charge is 2.34. The number of rotatable bonds is 6. The Kier molecular flexibility index (Phi) is 4.92. The quantitative estimate of drug-likeness (QED) is 0.678. The van der Waals surface area contributed by atoms with E-state index >= 15 is 0 Å². The number of hydrogen-bond donors (Lipinski definition) is 1. The molecule has 1 amide bonds. The summed E-state index contributed by atoms with van der Waals surface area (Å²) < 4.78 is 12.5. The van der Waals surface area contributed by atoms with E-state index in [2.05, 4.69) is 15.4 Å². The molecule has 5 rings (SSSR count). The number of carbonyl (C=O) groups is 1. The topological polar surface area (TPSA) is 91.2 Å². The molecule has 1 saturated carbocycles. The molecule has 0 bridgehead atoms. The molecule has 1 saturated heterocycles. The van der Waals surface area contributed by atoms with Crippen LogP contribution >= 0.6 is 0 Å². The predicted molar refractivity (Wildman–Crippen MR) is 110 cm³/mol. The van der Waals surface area contributed by atoms with Gasteiger partial charge in [-0.1, -0.05) is 12.1 Å². The van der Waals surface area contributed by atoms with E-state index in [9.17, 15) is 4.79 Å². The third-order valence-electron chi connectivity index (χ3n) is 5.50. The molecule has 30 heavy (non-hydrogen) atoms. The Morgan fingerprint density at radius 2 is 2.10 bits per heavy atom. The molecule has 2 aromatic heterocycles. The third-order valence-corrected chi connectivity index (χ3v) is 5.50. The van der Waals surface area contributed by atoms with Gasteiger partial charge in [-0.2, -0.15) is 5.10 Å². The summed E-state index contributed by atoms with van der Waals surface area (Å²) in [6, 6.07) is 9.61. The molecule has 1 aromatic carbocycles. The van der Waals surface area contributed by atoms with Gasteiger partial charge in [0.2, 0.25) is 0 Å². The van der Waals surface area contributed by atoms with E-state index in [1.54, 1.807) is 24.2 Å². The molecule has 2 aliphatic rings. The number of aromatic nitrogens is 4. The van der Waals surface area contributed by atoms with Gasteiger partial charge >= 0.3 is 0 Å². The first-order valence-electron chi connectivity index (χ1n) is 10.2. The zero-order valence-corrected chi connectivity index (χ0v) is 16.7. The van der Waals surface area contributed by atoms with Crippen LogP contribution in [-0.4, -0.2) is 52.0 Å². The van der Waals surface area contributed by atoms with Crippen molar-refractivity contribution in [3.63, 3.8) is 0 Å². The number of amides is 1. The summed E-state index contributed by atoms with van der Waals surface area (Å²) in [5.74, 6) is 1.37. The van der Waals surface area contributed by atoms with Crippen molar-refractivity contribution in [1.82, 2.24) is 25.1 Å². The summed E-state index contributed by atoms with van der Waals surface area (Å²) in [7, 11) is 1.64. The van der Waals surface area contributed by atoms with E-state index in [1.165, 1.54) is 0 Å². The molecular weight excluding hydrogens is 382 g/mol. The van der Waals surface area contributed by atoms with Gasteiger partial charge in [-0.25, -0.2) is 14.6 Å². The highest BCUT2D eigenvalue weighted by atomic mass is 16.5. The van der Waals surface area contributed by atoms with Gasteiger partial charge in [0.05, 0.1) is 42.9 Å². The van der Waals surface area contributed by atoms with Crippen molar-refractivity contribution in [2.45, 2.75) is 31.2 Å². The molecule has 0 unspecified atom stereocenters. The van der Waals surface area contributed by atoms with E-state index in [0.29, 0.717) is 30.6 Å². The number of hydrogen-bond acceptors (Lipinski definition) is 6. The molecule has 1 aliphatic heterocycles. The lowest BCUT2D eigenvalue weighted by Gasteiger charge is -2.12. The van der Waals surface area contributed by atoms with Gasteiger partial charge < -0.3 is 14.8 Å². The minimum Gasteiger partial charge on any atom is -0.496 e. The van der Waals surface area contributed by atoms with Gasteiger partial charge in [0.15, 0.2) is 0 Å². The number of ether oxygens (including phenoxy) is 2. The molecule has 8 nitrogen and oxygen atoms in total. The minimum atomic E-state index is -0.112. The molecule has 0 radical (unpaired) electrons. The van der Waals surface area contributed by atoms with Gasteiger partial charge in [-0.05, 0) is 37.5 Å². The fourth-order valence-corrected chi connectivity index (χ4v) is 3.81. The summed E-state index contributed by atoms with van der Waals surface area (Å²) in [4.78, 5) is 22.1. The lowest BCUT2D eigenvalue weighted by molar-refractivity contribution is 0.0929. The first-order chi connectivity index (χ1) is 14.7. The van der Waals surface area contributed by atoms with Gasteiger partial charge in [0.1, 0.15) is 5.75 Å². The molecule has 3 aromatic rings. The van der Waals surface area contributed by atoms with Crippen LogP contribution in [0.2, 0.25) is 0 Å². The molecule has 3 heterocycles. The second-order valence-corrected chi connectivity index (χ2v) is 7.61. The Hall–Kier alpha value is -3.26. The SMILES string of the molecule is COc1ccccc1-c1ccnc(-n2ncc(C(=O)N[C@H]3CCOC3)c2C2CC2)n1. The van der Waals surface area contributed by atoms with Crippen molar-refractivity contribution < 1.29 is 14.3 Å². The van der Waals surface area contributed by atoms with Crippen LogP contribution in [0.15, 0.2) is 42.7 Å². The van der Waals surface area contributed by atoms with Crippen molar-refractivity contribution in [1.29, 1.82) is 0 Å². The van der Waals surface area contributed by atoms with Gasteiger partial charge in [0, 0.05) is 24.3 Å². The summed E-state index contributed by atoms with van der Waals surface area (Å²) in [6.45, 7) is 1.24. The summed E-state index contributed by atoms with van der Waals surface area (Å²) in [5.41, 5.74) is 3.09. The molecule has 0 spiro atoms. The van der Waals surface area contributed by atoms with Crippen molar-refractivity contribution in [2.24, 2.45) is 0 Å². The second kappa shape index (κ2) is 7.87. The molecule has 2 fully saturated rings. The molecule has 1 aliphatic carbocycles. The van der Waals surface area contributed by atoms with Crippen LogP contribution in [-0.2, 0) is 4.74 Å². The van der Waals surface area contributed by atoms with Crippen LogP contribution < -0.4 is 10.1 Å². The molecule has 1 N–H and O–H groups in total. The van der Waals surface area contributed by atoms with E-state index in [1.807, 2.05) is 30.3 Å². The normalized spacial score (nSPS) is 18.4. The maximum atomic E-state index is 12.9. The van der Waals surface area contributed by atoms with Gasteiger partial charge in [-0.3, -0.25) is 4.79 Å². The molecule has 154 valence electrons. The average Bonchev–Trinajstić information content (AvgIpc) is 3.31. The van der Waals surface area contributed by atoms with Crippen molar-refractivity contribution in [3.8, 4) is 23.0 Å². The van der Waals surface area contributed by atoms with E-state index in [4.69, 9.17) is 14.5 Å².